The van der Waals surface area contributed by atoms with Crippen LogP contribution in [0, 0.1) is 5.82 Å². The fourth-order valence-electron chi connectivity index (χ4n) is 1.63. The van der Waals surface area contributed by atoms with Crippen molar-refractivity contribution in [2.45, 2.75) is 12.5 Å². The van der Waals surface area contributed by atoms with E-state index in [1.165, 1.54) is 12.1 Å². The van der Waals surface area contributed by atoms with E-state index in [4.69, 9.17) is 0 Å². The lowest BCUT2D eigenvalue weighted by atomic mass is 10.0. The van der Waals surface area contributed by atoms with Gasteiger partial charge in [0.25, 0.3) is 0 Å². The van der Waals surface area contributed by atoms with Crippen LogP contribution in [-0.2, 0) is 6.42 Å². The molecule has 1 heterocycles. The summed E-state index contributed by atoms with van der Waals surface area (Å²) in [7, 11) is 0. The zero-order chi connectivity index (χ0) is 12.3. The molecule has 1 aromatic carbocycles. The third-order valence-electron chi connectivity index (χ3n) is 2.45. The third kappa shape index (κ3) is 3.35. The Kier molecular flexibility index (Phi) is 3.86. The molecular formula is C13H11BrFNO. The summed E-state index contributed by atoms with van der Waals surface area (Å²) in [6.07, 6.45) is 3.07. The van der Waals surface area contributed by atoms with Crippen molar-refractivity contribution >= 4 is 15.9 Å². The second-order valence-corrected chi connectivity index (χ2v) is 4.69. The number of halogens is 2. The number of aliphatic hydroxyl groups is 1. The number of nitrogens with zero attached hydrogens (tertiary/aromatic N) is 1. The Hall–Kier alpha value is -1.26. The van der Waals surface area contributed by atoms with Gasteiger partial charge in [0.05, 0.1) is 6.10 Å². The van der Waals surface area contributed by atoms with Crippen molar-refractivity contribution in [3.05, 3.63) is 64.1 Å². The first-order valence-corrected chi connectivity index (χ1v) is 5.97. The highest BCUT2D eigenvalue weighted by Gasteiger charge is 2.10. The minimum absolute atomic E-state index is 0.358. The fraction of sp³-hybridized carbons (Fsp3) is 0.154. The van der Waals surface area contributed by atoms with Gasteiger partial charge in [-0.1, -0.05) is 15.9 Å². The molecule has 1 unspecified atom stereocenters. The first-order valence-electron chi connectivity index (χ1n) is 5.18. The largest absolute Gasteiger partial charge is 0.388 e. The second kappa shape index (κ2) is 5.38. The molecule has 2 nitrogen and oxygen atoms in total. The molecule has 0 aliphatic carbocycles. The predicted molar refractivity (Wildman–Crippen MR) is 67.0 cm³/mol. The molecule has 1 aromatic heterocycles. The van der Waals surface area contributed by atoms with Crippen LogP contribution in [0.5, 0.6) is 0 Å². The quantitative estimate of drug-likeness (QED) is 0.943. The molecule has 17 heavy (non-hydrogen) atoms. The molecule has 0 aliphatic heterocycles. The first-order chi connectivity index (χ1) is 8.15. The summed E-state index contributed by atoms with van der Waals surface area (Å²) in [5.74, 6) is -0.358. The molecule has 0 saturated heterocycles. The van der Waals surface area contributed by atoms with E-state index in [-0.39, 0.29) is 5.82 Å². The van der Waals surface area contributed by atoms with Gasteiger partial charge in [0.1, 0.15) is 5.82 Å². The van der Waals surface area contributed by atoms with Crippen molar-refractivity contribution in [3.8, 4) is 0 Å². The topological polar surface area (TPSA) is 33.1 Å². The number of pyridine rings is 1. The van der Waals surface area contributed by atoms with Crippen LogP contribution in [0.2, 0.25) is 0 Å². The lowest BCUT2D eigenvalue weighted by Crippen LogP contribution is -2.02. The van der Waals surface area contributed by atoms with Crippen LogP contribution in [0.15, 0.2) is 47.2 Å². The molecule has 1 N–H and O–H groups in total. The molecule has 1 atom stereocenters. The maximum absolute atomic E-state index is 13.2. The lowest BCUT2D eigenvalue weighted by Gasteiger charge is -2.11. The second-order valence-electron chi connectivity index (χ2n) is 3.78. The Balaban J connectivity index is 2.17. The highest BCUT2D eigenvalue weighted by Crippen LogP contribution is 2.23. The molecule has 0 saturated carbocycles. The number of aromatic nitrogens is 1. The Labute approximate surface area is 107 Å². The number of hydrogen-bond acceptors (Lipinski definition) is 2. The summed E-state index contributed by atoms with van der Waals surface area (Å²) in [5.41, 5.74) is 1.53. The van der Waals surface area contributed by atoms with Crippen LogP contribution in [0.3, 0.4) is 0 Å². The van der Waals surface area contributed by atoms with Crippen LogP contribution in [-0.4, -0.2) is 10.1 Å². The molecule has 2 aromatic rings. The number of benzene rings is 1. The Bertz CT molecular complexity index is 484. The fourth-order valence-corrected chi connectivity index (χ4v) is 2.11. The van der Waals surface area contributed by atoms with E-state index in [1.807, 2.05) is 12.1 Å². The molecular weight excluding hydrogens is 285 g/mol. The van der Waals surface area contributed by atoms with Gasteiger partial charge in [0, 0.05) is 23.3 Å². The standard InChI is InChI=1S/C13H11BrFNO/c14-11-6-10(7-12(15)8-11)13(17)5-9-1-3-16-4-2-9/h1-4,6-8,13,17H,5H2. The van der Waals surface area contributed by atoms with Gasteiger partial charge in [-0.15, -0.1) is 0 Å². The van der Waals surface area contributed by atoms with Gasteiger partial charge in [-0.2, -0.15) is 0 Å². The van der Waals surface area contributed by atoms with E-state index >= 15 is 0 Å². The molecule has 88 valence electrons. The van der Waals surface area contributed by atoms with Gasteiger partial charge in [0.15, 0.2) is 0 Å². The van der Waals surface area contributed by atoms with E-state index in [2.05, 4.69) is 20.9 Å². The summed E-state index contributed by atoms with van der Waals surface area (Å²) < 4.78 is 13.8. The maximum Gasteiger partial charge on any atom is 0.124 e. The zero-order valence-electron chi connectivity index (χ0n) is 8.98. The molecule has 0 bridgehead atoms. The van der Waals surface area contributed by atoms with Gasteiger partial charge in [-0.3, -0.25) is 4.98 Å². The van der Waals surface area contributed by atoms with E-state index in [1.54, 1.807) is 18.5 Å². The number of aliphatic hydroxyl groups excluding tert-OH is 1. The Morgan fingerprint density at radius 1 is 1.24 bits per heavy atom. The van der Waals surface area contributed by atoms with Crippen molar-refractivity contribution in [1.82, 2.24) is 4.98 Å². The minimum Gasteiger partial charge on any atom is -0.388 e. The normalized spacial score (nSPS) is 12.4. The predicted octanol–water partition coefficient (Wildman–Crippen LogP) is 3.26. The maximum atomic E-state index is 13.2. The van der Waals surface area contributed by atoms with Crippen LogP contribution < -0.4 is 0 Å². The summed E-state index contributed by atoms with van der Waals surface area (Å²) in [6.45, 7) is 0. The van der Waals surface area contributed by atoms with Gasteiger partial charge in [-0.25, -0.2) is 4.39 Å². The van der Waals surface area contributed by atoms with E-state index in [0.29, 0.717) is 16.5 Å². The lowest BCUT2D eigenvalue weighted by molar-refractivity contribution is 0.178. The van der Waals surface area contributed by atoms with E-state index < -0.39 is 6.10 Å². The van der Waals surface area contributed by atoms with E-state index in [0.717, 1.165) is 5.56 Å². The molecule has 4 heteroatoms. The molecule has 0 amide bonds. The SMILES string of the molecule is OC(Cc1ccncc1)c1cc(F)cc(Br)c1. The smallest absolute Gasteiger partial charge is 0.124 e. The first kappa shape index (κ1) is 12.2. The Morgan fingerprint density at radius 2 is 1.94 bits per heavy atom. The van der Waals surface area contributed by atoms with Gasteiger partial charge >= 0.3 is 0 Å². The highest BCUT2D eigenvalue weighted by atomic mass is 79.9. The summed E-state index contributed by atoms with van der Waals surface area (Å²) in [6, 6.07) is 8.09. The molecule has 2 rings (SSSR count). The van der Waals surface area contributed by atoms with Crippen LogP contribution >= 0.6 is 15.9 Å². The Morgan fingerprint density at radius 3 is 2.59 bits per heavy atom. The summed E-state index contributed by atoms with van der Waals surface area (Å²) in [5, 5.41) is 10.0. The van der Waals surface area contributed by atoms with Crippen molar-refractivity contribution in [3.63, 3.8) is 0 Å². The van der Waals surface area contributed by atoms with Crippen LogP contribution in [0.4, 0.5) is 4.39 Å². The monoisotopic (exact) mass is 295 g/mol. The van der Waals surface area contributed by atoms with Crippen molar-refractivity contribution in [2.24, 2.45) is 0 Å². The summed E-state index contributed by atoms with van der Waals surface area (Å²) >= 11 is 3.21. The minimum atomic E-state index is -0.718. The average molecular weight is 296 g/mol. The van der Waals surface area contributed by atoms with Crippen LogP contribution in [0.1, 0.15) is 17.2 Å². The number of rotatable bonds is 3. The van der Waals surface area contributed by atoms with Crippen molar-refractivity contribution in [1.29, 1.82) is 0 Å². The van der Waals surface area contributed by atoms with Gasteiger partial charge in [0.2, 0.25) is 0 Å². The molecule has 0 aliphatic rings. The third-order valence-corrected chi connectivity index (χ3v) is 2.91. The van der Waals surface area contributed by atoms with Gasteiger partial charge in [-0.05, 0) is 41.5 Å². The van der Waals surface area contributed by atoms with Crippen molar-refractivity contribution in [2.75, 3.05) is 0 Å². The highest BCUT2D eigenvalue weighted by molar-refractivity contribution is 9.10. The molecule has 0 fully saturated rings. The molecule has 0 spiro atoms. The summed E-state index contributed by atoms with van der Waals surface area (Å²) in [4.78, 5) is 3.90. The van der Waals surface area contributed by atoms with Crippen molar-refractivity contribution < 1.29 is 9.50 Å². The van der Waals surface area contributed by atoms with Gasteiger partial charge < -0.3 is 5.11 Å². The molecule has 0 radical (unpaired) electrons. The zero-order valence-corrected chi connectivity index (χ0v) is 10.6. The van der Waals surface area contributed by atoms with Crippen LogP contribution in [0.25, 0.3) is 0 Å². The number of hydrogen-bond donors (Lipinski definition) is 1. The van der Waals surface area contributed by atoms with E-state index in [9.17, 15) is 9.50 Å². The average Bonchev–Trinajstić information content (AvgIpc) is 2.29.